The van der Waals surface area contributed by atoms with Crippen LogP contribution in [0.5, 0.6) is 0 Å². The van der Waals surface area contributed by atoms with E-state index in [-0.39, 0.29) is 18.4 Å². The second kappa shape index (κ2) is 9.24. The van der Waals surface area contributed by atoms with Gasteiger partial charge >= 0.3 is 0 Å². The van der Waals surface area contributed by atoms with Crippen molar-refractivity contribution in [1.82, 2.24) is 20.4 Å². The zero-order valence-corrected chi connectivity index (χ0v) is 16.0. The monoisotopic (exact) mass is 382 g/mol. The highest BCUT2D eigenvalue weighted by Gasteiger charge is 2.25. The summed E-state index contributed by atoms with van der Waals surface area (Å²) in [4.78, 5) is 29.6. The largest absolute Gasteiger partial charge is 0.379 e. The first-order valence-electron chi connectivity index (χ1n) is 9.05. The first-order chi connectivity index (χ1) is 12.6. The molecule has 10 heteroatoms. The number of aromatic nitrogens is 2. The number of rotatable bonds is 8. The zero-order chi connectivity index (χ0) is 18.4. The van der Waals surface area contributed by atoms with Crippen molar-refractivity contribution in [2.75, 3.05) is 69.3 Å². The first kappa shape index (κ1) is 19.0. The molecule has 3 heterocycles. The molecule has 26 heavy (non-hydrogen) atoms. The molecule has 0 spiro atoms. The topological polar surface area (TPSA) is 90.9 Å². The van der Waals surface area contributed by atoms with E-state index in [9.17, 15) is 9.59 Å². The fraction of sp³-hybridized carbons (Fsp3) is 0.750. The lowest BCUT2D eigenvalue weighted by molar-refractivity contribution is -0.120. The average molecular weight is 382 g/mol. The maximum atomic E-state index is 12.1. The molecule has 0 atom stereocenters. The van der Waals surface area contributed by atoms with Gasteiger partial charge in [0.15, 0.2) is 0 Å². The zero-order valence-electron chi connectivity index (χ0n) is 15.1. The highest BCUT2D eigenvalue weighted by Crippen LogP contribution is 2.29. The van der Waals surface area contributed by atoms with Gasteiger partial charge in [-0.1, -0.05) is 11.3 Å². The Bertz CT molecular complexity index is 619. The Kier molecular flexibility index (Phi) is 6.75. The molecule has 9 nitrogen and oxygen atoms in total. The maximum Gasteiger partial charge on any atom is 0.239 e. The third-order valence-corrected chi connectivity index (χ3v) is 5.55. The number of nitrogens with one attached hydrogen (secondary N) is 1. The van der Waals surface area contributed by atoms with Gasteiger partial charge in [-0.2, -0.15) is 0 Å². The van der Waals surface area contributed by atoms with Crippen LogP contribution in [0.15, 0.2) is 0 Å². The van der Waals surface area contributed by atoms with Crippen LogP contribution in [-0.4, -0.2) is 86.4 Å². The third kappa shape index (κ3) is 5.12. The van der Waals surface area contributed by atoms with E-state index >= 15 is 0 Å². The number of hydrogen-bond acceptors (Lipinski definition) is 8. The molecule has 1 N–H and O–H groups in total. The van der Waals surface area contributed by atoms with Gasteiger partial charge in [0.05, 0.1) is 19.8 Å². The molecule has 0 radical (unpaired) electrons. The molecule has 0 aliphatic carbocycles. The molecule has 2 aliphatic heterocycles. The number of carbonyl (C=O) groups excluding carboxylic acids is 2. The molecule has 3 rings (SSSR count). The van der Waals surface area contributed by atoms with Crippen LogP contribution in [-0.2, 0) is 14.3 Å². The molecule has 144 valence electrons. The van der Waals surface area contributed by atoms with E-state index in [1.165, 1.54) is 11.3 Å². The average Bonchev–Trinajstić information content (AvgIpc) is 3.28. The molecule has 0 unspecified atom stereocenters. The highest BCUT2D eigenvalue weighted by atomic mass is 32.1. The van der Waals surface area contributed by atoms with E-state index < -0.39 is 0 Å². The van der Waals surface area contributed by atoms with E-state index in [1.54, 1.807) is 9.80 Å². The molecule has 1 aromatic heterocycles. The standard InChI is InChI=1S/C16H26N6O3S/c1-20(15-18-19-16(26-15)22-7-2-4-14(22)24)12-13(23)17-5-3-6-21-8-10-25-11-9-21/h2-12H2,1H3,(H,17,23). The van der Waals surface area contributed by atoms with Gasteiger partial charge in [-0.15, -0.1) is 10.2 Å². The summed E-state index contributed by atoms with van der Waals surface area (Å²) in [6, 6.07) is 0. The molecule has 2 amide bonds. The van der Waals surface area contributed by atoms with Crippen LogP contribution in [0.1, 0.15) is 19.3 Å². The van der Waals surface area contributed by atoms with Crippen molar-refractivity contribution in [3.63, 3.8) is 0 Å². The quantitative estimate of drug-likeness (QED) is 0.630. The van der Waals surface area contributed by atoms with E-state index in [2.05, 4.69) is 20.4 Å². The Morgan fingerprint density at radius 3 is 2.85 bits per heavy atom. The van der Waals surface area contributed by atoms with Crippen molar-refractivity contribution in [1.29, 1.82) is 0 Å². The van der Waals surface area contributed by atoms with Crippen molar-refractivity contribution in [3.05, 3.63) is 0 Å². The normalized spacial score (nSPS) is 18.3. The van der Waals surface area contributed by atoms with Gasteiger partial charge in [-0.25, -0.2) is 0 Å². The Morgan fingerprint density at radius 1 is 1.31 bits per heavy atom. The van der Waals surface area contributed by atoms with Crippen LogP contribution in [0.25, 0.3) is 0 Å². The van der Waals surface area contributed by atoms with Gasteiger partial charge in [-0.3, -0.25) is 19.4 Å². The summed E-state index contributed by atoms with van der Waals surface area (Å²) < 4.78 is 5.32. The smallest absolute Gasteiger partial charge is 0.239 e. The van der Waals surface area contributed by atoms with Gasteiger partial charge in [-0.05, 0) is 19.4 Å². The molecule has 2 fully saturated rings. The van der Waals surface area contributed by atoms with Gasteiger partial charge in [0, 0.05) is 39.6 Å². The molecule has 2 saturated heterocycles. The predicted octanol–water partition coefficient (Wildman–Crippen LogP) is -0.0604. The summed E-state index contributed by atoms with van der Waals surface area (Å²) in [5, 5.41) is 12.4. The molecular weight excluding hydrogens is 356 g/mol. The molecule has 2 aliphatic rings. The summed E-state index contributed by atoms with van der Waals surface area (Å²) in [6.45, 7) is 6.08. The number of hydrogen-bond donors (Lipinski definition) is 1. The Hall–Kier alpha value is -1.78. The molecule has 1 aromatic rings. The van der Waals surface area contributed by atoms with Crippen LogP contribution in [0.4, 0.5) is 10.3 Å². The van der Waals surface area contributed by atoms with Gasteiger partial charge in [0.2, 0.25) is 22.1 Å². The Morgan fingerprint density at radius 2 is 2.12 bits per heavy atom. The van der Waals surface area contributed by atoms with Gasteiger partial charge < -0.3 is 15.0 Å². The summed E-state index contributed by atoms with van der Waals surface area (Å²) in [5.74, 6) is 0.0526. The van der Waals surface area contributed by atoms with Crippen molar-refractivity contribution < 1.29 is 14.3 Å². The fourth-order valence-corrected chi connectivity index (χ4v) is 3.87. The predicted molar refractivity (Wildman–Crippen MR) is 99.7 cm³/mol. The minimum Gasteiger partial charge on any atom is -0.379 e. The van der Waals surface area contributed by atoms with E-state index in [0.717, 1.165) is 45.7 Å². The highest BCUT2D eigenvalue weighted by molar-refractivity contribution is 7.19. The molecule has 0 bridgehead atoms. The summed E-state index contributed by atoms with van der Waals surface area (Å²) in [6.07, 6.45) is 2.35. The van der Waals surface area contributed by atoms with Gasteiger partial charge in [0.1, 0.15) is 0 Å². The SMILES string of the molecule is CN(CC(=O)NCCCN1CCOCC1)c1nnc(N2CCCC2=O)s1. The lowest BCUT2D eigenvalue weighted by atomic mass is 10.3. The van der Waals surface area contributed by atoms with Gasteiger partial charge in [0.25, 0.3) is 0 Å². The van der Waals surface area contributed by atoms with Crippen molar-refractivity contribution in [2.45, 2.75) is 19.3 Å². The number of carbonyl (C=O) groups is 2. The third-order valence-electron chi connectivity index (χ3n) is 4.49. The van der Waals surface area contributed by atoms with Crippen molar-refractivity contribution >= 4 is 33.4 Å². The van der Waals surface area contributed by atoms with Crippen LogP contribution in [0, 0.1) is 0 Å². The molecule has 0 aromatic carbocycles. The maximum absolute atomic E-state index is 12.1. The molecular formula is C16H26N6O3S. The van der Waals surface area contributed by atoms with E-state index in [0.29, 0.717) is 29.8 Å². The number of ether oxygens (including phenoxy) is 1. The minimum absolute atomic E-state index is 0.0384. The number of likely N-dealkylation sites (N-methyl/N-ethyl adjacent to an activating group) is 1. The second-order valence-electron chi connectivity index (χ2n) is 6.53. The number of anilines is 2. The van der Waals surface area contributed by atoms with Crippen molar-refractivity contribution in [3.8, 4) is 0 Å². The summed E-state index contributed by atoms with van der Waals surface area (Å²) in [5.41, 5.74) is 0. The Balaban J connectivity index is 1.37. The van der Waals surface area contributed by atoms with E-state index in [4.69, 9.17) is 4.74 Å². The minimum atomic E-state index is -0.0384. The van der Waals surface area contributed by atoms with Crippen LogP contribution in [0.3, 0.4) is 0 Å². The lowest BCUT2D eigenvalue weighted by Gasteiger charge is -2.26. The summed E-state index contributed by atoms with van der Waals surface area (Å²) in [7, 11) is 1.81. The number of morpholine rings is 1. The Labute approximate surface area is 157 Å². The summed E-state index contributed by atoms with van der Waals surface area (Å²) >= 11 is 1.34. The fourth-order valence-electron chi connectivity index (χ4n) is 3.02. The van der Waals surface area contributed by atoms with Crippen LogP contribution < -0.4 is 15.1 Å². The number of nitrogens with zero attached hydrogens (tertiary/aromatic N) is 5. The number of amides is 2. The van der Waals surface area contributed by atoms with Crippen LogP contribution in [0.2, 0.25) is 0 Å². The second-order valence-corrected chi connectivity index (χ2v) is 7.46. The van der Waals surface area contributed by atoms with Crippen molar-refractivity contribution in [2.24, 2.45) is 0 Å². The lowest BCUT2D eigenvalue weighted by Crippen LogP contribution is -2.39. The molecule has 0 saturated carbocycles. The van der Waals surface area contributed by atoms with Crippen LogP contribution >= 0.6 is 11.3 Å². The van der Waals surface area contributed by atoms with E-state index in [1.807, 2.05) is 7.05 Å². The first-order valence-corrected chi connectivity index (χ1v) is 9.87.